The van der Waals surface area contributed by atoms with Crippen LogP contribution in [0.4, 0.5) is 4.79 Å². The van der Waals surface area contributed by atoms with Gasteiger partial charge in [0.1, 0.15) is 6.61 Å². The lowest BCUT2D eigenvalue weighted by Crippen LogP contribution is -2.25. The average Bonchev–Trinajstić information content (AvgIpc) is 2.84. The van der Waals surface area contributed by atoms with Gasteiger partial charge in [0.25, 0.3) is 5.95 Å². The molecule has 0 bridgehead atoms. The number of rotatable bonds is 7. The van der Waals surface area contributed by atoms with Crippen LogP contribution in [0.15, 0.2) is 42.9 Å². The van der Waals surface area contributed by atoms with Crippen molar-refractivity contribution < 1.29 is 23.8 Å². The first-order chi connectivity index (χ1) is 10.6. The van der Waals surface area contributed by atoms with E-state index in [4.69, 9.17) is 14.2 Å². The number of cyclic esters (lactones) is 1. The van der Waals surface area contributed by atoms with Crippen LogP contribution in [0, 0.1) is 0 Å². The lowest BCUT2D eigenvalue weighted by atomic mass is 10.1. The van der Waals surface area contributed by atoms with Crippen molar-refractivity contribution in [3.8, 4) is 0 Å². The number of ether oxygens (including phenoxy) is 3. The van der Waals surface area contributed by atoms with Crippen LogP contribution in [-0.2, 0) is 25.6 Å². The quantitative estimate of drug-likeness (QED) is 0.619. The third kappa shape index (κ3) is 5.12. The first-order valence-corrected chi connectivity index (χ1v) is 7.17. The number of nitrogens with one attached hydrogen (secondary N) is 1. The molecule has 1 N–H and O–H groups in total. The van der Waals surface area contributed by atoms with Crippen molar-refractivity contribution in [1.82, 2.24) is 5.32 Å². The van der Waals surface area contributed by atoms with E-state index in [-0.39, 0.29) is 12.6 Å². The van der Waals surface area contributed by atoms with E-state index in [9.17, 15) is 9.59 Å². The Morgan fingerprint density at radius 3 is 2.73 bits per heavy atom. The summed E-state index contributed by atoms with van der Waals surface area (Å²) >= 11 is 0. The highest BCUT2D eigenvalue weighted by atomic mass is 16.7. The Kier molecular flexibility index (Phi) is 5.82. The van der Waals surface area contributed by atoms with Gasteiger partial charge in [-0.1, -0.05) is 30.3 Å². The number of esters is 1. The maximum Gasteiger partial charge on any atom is 0.407 e. The van der Waals surface area contributed by atoms with E-state index in [0.717, 1.165) is 18.4 Å². The first-order valence-electron chi connectivity index (χ1n) is 7.17. The van der Waals surface area contributed by atoms with Crippen molar-refractivity contribution in [2.45, 2.75) is 32.0 Å². The molecule has 1 unspecified atom stereocenters. The van der Waals surface area contributed by atoms with Crippen LogP contribution in [0.3, 0.4) is 0 Å². The van der Waals surface area contributed by atoms with Crippen molar-refractivity contribution in [2.24, 2.45) is 0 Å². The molecule has 6 nitrogen and oxygen atoms in total. The molecule has 0 radical (unpaired) electrons. The summed E-state index contributed by atoms with van der Waals surface area (Å²) in [6.45, 7) is 4.16. The molecule has 1 atom stereocenters. The average molecular weight is 305 g/mol. The van der Waals surface area contributed by atoms with Crippen molar-refractivity contribution in [3.63, 3.8) is 0 Å². The minimum absolute atomic E-state index is 0.0533. The highest BCUT2D eigenvalue weighted by Gasteiger charge is 2.30. The molecule has 0 aliphatic carbocycles. The molecule has 118 valence electrons. The SMILES string of the molecule is C=C1OC(=O)C(CCCCNC(=O)OCc2ccccc2)O1. The van der Waals surface area contributed by atoms with Gasteiger partial charge in [0.2, 0.25) is 0 Å². The molecule has 1 aromatic carbocycles. The fourth-order valence-electron chi connectivity index (χ4n) is 2.00. The van der Waals surface area contributed by atoms with Gasteiger partial charge < -0.3 is 19.5 Å². The predicted octanol–water partition coefficient (Wildman–Crippen LogP) is 2.50. The zero-order valence-electron chi connectivity index (χ0n) is 12.2. The van der Waals surface area contributed by atoms with Crippen molar-refractivity contribution in [3.05, 3.63) is 48.4 Å². The number of benzene rings is 1. The summed E-state index contributed by atoms with van der Waals surface area (Å²) in [6, 6.07) is 9.47. The largest absolute Gasteiger partial charge is 0.450 e. The van der Waals surface area contributed by atoms with Crippen molar-refractivity contribution >= 4 is 12.1 Å². The highest BCUT2D eigenvalue weighted by molar-refractivity contribution is 5.77. The smallest absolute Gasteiger partial charge is 0.407 e. The molecule has 1 amide bonds. The van der Waals surface area contributed by atoms with Gasteiger partial charge in [0.15, 0.2) is 6.10 Å². The van der Waals surface area contributed by atoms with Crippen molar-refractivity contribution in [1.29, 1.82) is 0 Å². The summed E-state index contributed by atoms with van der Waals surface area (Å²) in [5, 5.41) is 2.66. The molecule has 1 aromatic rings. The third-order valence-electron chi connectivity index (χ3n) is 3.13. The number of amides is 1. The van der Waals surface area contributed by atoms with Crippen LogP contribution in [0.25, 0.3) is 0 Å². The van der Waals surface area contributed by atoms with E-state index in [1.165, 1.54) is 0 Å². The van der Waals surface area contributed by atoms with Crippen LogP contribution in [0.5, 0.6) is 0 Å². The molecule has 1 aliphatic rings. The fourth-order valence-corrected chi connectivity index (χ4v) is 2.00. The zero-order chi connectivity index (χ0) is 15.8. The third-order valence-corrected chi connectivity index (χ3v) is 3.13. The molecule has 1 fully saturated rings. The van der Waals surface area contributed by atoms with Crippen LogP contribution in [-0.4, -0.2) is 24.7 Å². The van der Waals surface area contributed by atoms with Gasteiger partial charge in [-0.2, -0.15) is 0 Å². The van der Waals surface area contributed by atoms with Gasteiger partial charge in [0.05, 0.1) is 0 Å². The number of alkyl carbamates (subject to hydrolysis) is 1. The molecule has 22 heavy (non-hydrogen) atoms. The number of carbonyl (C=O) groups excluding carboxylic acids is 2. The molecular weight excluding hydrogens is 286 g/mol. The summed E-state index contributed by atoms with van der Waals surface area (Å²) < 4.78 is 14.9. The minimum Gasteiger partial charge on any atom is -0.450 e. The molecule has 1 heterocycles. The maximum atomic E-state index is 11.5. The van der Waals surface area contributed by atoms with Crippen LogP contribution >= 0.6 is 0 Å². The van der Waals surface area contributed by atoms with Crippen LogP contribution < -0.4 is 5.32 Å². The van der Waals surface area contributed by atoms with Gasteiger partial charge in [-0.25, -0.2) is 9.59 Å². The number of unbranched alkanes of at least 4 members (excludes halogenated alkanes) is 1. The Bertz CT molecular complexity index is 529. The van der Waals surface area contributed by atoms with Gasteiger partial charge in [-0.05, 0) is 31.4 Å². The Morgan fingerprint density at radius 2 is 2.05 bits per heavy atom. The van der Waals surface area contributed by atoms with Crippen LogP contribution in [0.2, 0.25) is 0 Å². The summed E-state index contributed by atoms with van der Waals surface area (Å²) in [7, 11) is 0. The second-order valence-corrected chi connectivity index (χ2v) is 4.88. The van der Waals surface area contributed by atoms with Crippen molar-refractivity contribution in [2.75, 3.05) is 6.54 Å². The van der Waals surface area contributed by atoms with Gasteiger partial charge >= 0.3 is 12.1 Å². The van der Waals surface area contributed by atoms with Gasteiger partial charge in [-0.15, -0.1) is 0 Å². The predicted molar refractivity (Wildman–Crippen MR) is 78.6 cm³/mol. The minimum atomic E-state index is -0.572. The van der Waals surface area contributed by atoms with E-state index in [1.807, 2.05) is 30.3 Å². The number of carbonyl (C=O) groups is 2. The second-order valence-electron chi connectivity index (χ2n) is 4.88. The number of hydrogen-bond acceptors (Lipinski definition) is 5. The molecule has 1 saturated heterocycles. The summed E-state index contributed by atoms with van der Waals surface area (Å²) in [4.78, 5) is 22.8. The maximum absolute atomic E-state index is 11.5. The topological polar surface area (TPSA) is 73.9 Å². The van der Waals surface area contributed by atoms with Crippen LogP contribution in [0.1, 0.15) is 24.8 Å². The summed E-state index contributed by atoms with van der Waals surface area (Å²) in [5.41, 5.74) is 0.940. The fraction of sp³-hybridized carbons (Fsp3) is 0.375. The molecule has 0 aromatic heterocycles. The molecule has 2 rings (SSSR count). The lowest BCUT2D eigenvalue weighted by molar-refractivity contribution is -0.137. The van der Waals surface area contributed by atoms with E-state index in [2.05, 4.69) is 11.9 Å². The Labute approximate surface area is 129 Å². The molecule has 6 heteroatoms. The first kappa shape index (κ1) is 15.9. The monoisotopic (exact) mass is 305 g/mol. The summed E-state index contributed by atoms with van der Waals surface area (Å²) in [6.07, 6.45) is 0.969. The van der Waals surface area contributed by atoms with E-state index in [1.54, 1.807) is 0 Å². The molecule has 0 spiro atoms. The zero-order valence-corrected chi connectivity index (χ0v) is 12.2. The Morgan fingerprint density at radius 1 is 1.27 bits per heavy atom. The van der Waals surface area contributed by atoms with E-state index < -0.39 is 18.2 Å². The Hall–Kier alpha value is -2.50. The summed E-state index contributed by atoms with van der Waals surface area (Å²) in [5.74, 6) is -0.349. The van der Waals surface area contributed by atoms with E-state index >= 15 is 0 Å². The molecular formula is C16H19NO5. The highest BCUT2D eigenvalue weighted by Crippen LogP contribution is 2.19. The Balaban J connectivity index is 1.52. The lowest BCUT2D eigenvalue weighted by Gasteiger charge is -2.08. The van der Waals surface area contributed by atoms with E-state index in [0.29, 0.717) is 13.0 Å². The second kappa shape index (κ2) is 8.07. The normalized spacial score (nSPS) is 16.8. The van der Waals surface area contributed by atoms with Gasteiger partial charge in [-0.3, -0.25) is 0 Å². The molecule has 0 saturated carbocycles. The molecule has 1 aliphatic heterocycles. The van der Waals surface area contributed by atoms with Gasteiger partial charge in [0, 0.05) is 6.54 Å². The number of hydrogen-bond donors (Lipinski definition) is 1. The standard InChI is InChI=1S/C16H19NO5/c1-12-21-14(15(18)22-12)9-5-6-10-17-16(19)20-11-13-7-3-2-4-8-13/h2-4,7-8,14H,1,5-6,9-11H2,(H,17,19).